The molecule has 15 aromatic carbocycles. The summed E-state index contributed by atoms with van der Waals surface area (Å²) in [4.78, 5) is 25.0. The quantitative estimate of drug-likeness (QED) is 0.145. The zero-order valence-corrected chi connectivity index (χ0v) is 67.7. The van der Waals surface area contributed by atoms with E-state index in [1.54, 1.807) is 0 Å². The van der Waals surface area contributed by atoms with Gasteiger partial charge in [-0.1, -0.05) is 294 Å². The zero-order valence-electron chi connectivity index (χ0n) is 63.6. The number of rotatable bonds is 0. The molecule has 110 heavy (non-hydrogen) atoms. The van der Waals surface area contributed by atoms with E-state index in [2.05, 4.69) is 405 Å². The van der Waals surface area contributed by atoms with Crippen LogP contribution in [-0.2, 0) is 16.2 Å². The number of hydrogen-bond acceptors (Lipinski definition) is 10. The molecule has 15 aromatic rings. The van der Waals surface area contributed by atoms with Gasteiger partial charge in [0.2, 0.25) is 0 Å². The molecule has 5 aliphatic heterocycles. The van der Waals surface area contributed by atoms with Crippen molar-refractivity contribution in [2.75, 3.05) is 59.7 Å². The summed E-state index contributed by atoms with van der Waals surface area (Å²) < 4.78 is 0. The summed E-state index contributed by atoms with van der Waals surface area (Å²) in [5, 5.41) is 5.23. The summed E-state index contributed by atoms with van der Waals surface area (Å²) >= 11 is 9.41. The maximum absolute atomic E-state index is 2.42. The van der Waals surface area contributed by atoms with Crippen molar-refractivity contribution >= 4 is 137 Å². The van der Waals surface area contributed by atoms with Gasteiger partial charge in [0.05, 0.1) is 56.9 Å². The van der Waals surface area contributed by atoms with E-state index in [4.69, 9.17) is 0 Å². The molecule has 5 heterocycles. The Kier molecular flexibility index (Phi) is 17.3. The first kappa shape index (κ1) is 70.0. The van der Waals surface area contributed by atoms with Crippen LogP contribution in [0.2, 0.25) is 0 Å². The summed E-state index contributed by atoms with van der Waals surface area (Å²) in [7, 11) is 10.8. The van der Waals surface area contributed by atoms with Crippen molar-refractivity contribution in [2.24, 2.45) is 0 Å². The highest BCUT2D eigenvalue weighted by molar-refractivity contribution is 8.00. The Hall–Kier alpha value is -10.4. The molecule has 10 heteroatoms. The van der Waals surface area contributed by atoms with Gasteiger partial charge in [-0.05, 0) is 187 Å². The van der Waals surface area contributed by atoms with Crippen LogP contribution < -0.4 is 24.5 Å². The number of benzene rings is 15. The van der Waals surface area contributed by atoms with Gasteiger partial charge < -0.3 is 24.5 Å². The van der Waals surface area contributed by atoms with Crippen LogP contribution in [0.1, 0.15) is 74.9 Å². The summed E-state index contributed by atoms with van der Waals surface area (Å²) in [5.41, 5.74) is 30.2. The van der Waals surface area contributed by atoms with Gasteiger partial charge in [0.25, 0.3) is 0 Å². The normalized spacial score (nSPS) is 15.2. The van der Waals surface area contributed by atoms with E-state index in [1.807, 2.05) is 58.8 Å². The molecule has 0 amide bonds. The Morgan fingerprint density at radius 3 is 1.12 bits per heavy atom. The van der Waals surface area contributed by atoms with Gasteiger partial charge in [-0.15, -0.1) is 0 Å². The molecule has 0 N–H and O–H groups in total. The molecule has 0 fully saturated rings. The highest BCUT2D eigenvalue weighted by Gasteiger charge is 2.42. The van der Waals surface area contributed by atoms with E-state index in [-0.39, 0.29) is 16.2 Å². The summed E-state index contributed by atoms with van der Waals surface area (Å²) in [6.07, 6.45) is 0. The average Bonchev–Trinajstić information content (AvgIpc) is 1.60. The van der Waals surface area contributed by atoms with Crippen LogP contribution in [0.25, 0.3) is 54.9 Å². The average molecular weight is 1520 g/mol. The van der Waals surface area contributed by atoms with Crippen LogP contribution in [0.5, 0.6) is 0 Å². The van der Waals surface area contributed by atoms with Crippen molar-refractivity contribution < 1.29 is 0 Å². The van der Waals surface area contributed by atoms with Gasteiger partial charge in [-0.3, -0.25) is 0 Å². The fourth-order valence-corrected chi connectivity index (χ4v) is 23.8. The SMILES string of the molecule is CN1c2ccccc2Sc2c1ccc1c2-c2ccccc2C1(C)C.CN1c2ccccc2Sc2cc3c(cc21)-c1ccccc1C3(C)C.CN1c2ccccc2Sc2cc3c(cc21)C(C)(C)c1ccccc1-3.CN1c2ccccc2Sc2cc3ccccc3cc21.CN1c2ccccc2Sc2ccc3ccccc3c21. The van der Waals surface area contributed by atoms with E-state index >= 15 is 0 Å². The van der Waals surface area contributed by atoms with Crippen LogP contribution in [0.15, 0.2) is 352 Å². The first-order valence-electron chi connectivity index (χ1n) is 37.8. The lowest BCUT2D eigenvalue weighted by molar-refractivity contribution is 0.658. The molecule has 538 valence electrons. The van der Waals surface area contributed by atoms with Gasteiger partial charge >= 0.3 is 0 Å². The molecule has 0 saturated carbocycles. The zero-order chi connectivity index (χ0) is 75.1. The predicted molar refractivity (Wildman–Crippen MR) is 473 cm³/mol. The second-order valence-corrected chi connectivity index (χ2v) is 36.4. The minimum atomic E-state index is 0.0590. The number of anilines is 10. The van der Waals surface area contributed by atoms with Gasteiger partial charge in [-0.2, -0.15) is 0 Å². The molecule has 0 radical (unpaired) electrons. The topological polar surface area (TPSA) is 16.2 Å². The van der Waals surface area contributed by atoms with Gasteiger partial charge in [0.15, 0.2) is 0 Å². The minimum absolute atomic E-state index is 0.0590. The molecule has 5 nitrogen and oxygen atoms in total. The Morgan fingerprint density at radius 2 is 0.573 bits per heavy atom. The highest BCUT2D eigenvalue weighted by Crippen LogP contribution is 2.61. The highest BCUT2D eigenvalue weighted by atomic mass is 32.2. The fourth-order valence-electron chi connectivity index (χ4n) is 17.8. The van der Waals surface area contributed by atoms with Crippen LogP contribution in [0, 0.1) is 0 Å². The van der Waals surface area contributed by atoms with Gasteiger partial charge in [-0.25, -0.2) is 0 Å². The lowest BCUT2D eigenvalue weighted by Gasteiger charge is -2.31. The van der Waals surface area contributed by atoms with Crippen LogP contribution in [-0.4, -0.2) is 35.2 Å². The minimum Gasteiger partial charge on any atom is -0.343 e. The van der Waals surface area contributed by atoms with Crippen LogP contribution >= 0.6 is 58.8 Å². The third-order valence-electron chi connectivity index (χ3n) is 23.7. The van der Waals surface area contributed by atoms with Crippen molar-refractivity contribution in [1.82, 2.24) is 0 Å². The van der Waals surface area contributed by atoms with Crippen molar-refractivity contribution in [3.8, 4) is 33.4 Å². The van der Waals surface area contributed by atoms with Crippen molar-refractivity contribution in [3.63, 3.8) is 0 Å². The molecule has 3 aliphatic carbocycles. The van der Waals surface area contributed by atoms with E-state index in [0.717, 1.165) is 0 Å². The third-order valence-corrected chi connectivity index (χ3v) is 29.3. The standard InChI is InChI=1S/3C22H19NS.2C17H13NS/c1-22(2)16-9-5-4-8-14(16)15-12-21-19(13-17(15)22)23(3)18-10-6-7-11-20(18)24-21;1-22(2)16-9-5-4-8-14(16)15-12-19-21(13-17(15)22)24-20-11-7-6-10-18(20)23(19)3;1-22(2)15-9-5-4-8-14(15)20-16(22)12-13-18-21(20)24-19-11-7-6-10-17(19)23(18)3;1-18-14-8-4-5-9-16(14)19-17-11-13-7-3-2-6-12(13)10-15(17)18;1-18-14-8-4-5-9-15(14)19-16-11-10-12-6-2-3-7-13(12)17(16)18/h3*4-13H,1-3H3;2*2-11H,1H3. The van der Waals surface area contributed by atoms with Crippen LogP contribution in [0.3, 0.4) is 0 Å². The molecule has 0 aromatic heterocycles. The van der Waals surface area contributed by atoms with E-state index in [0.29, 0.717) is 0 Å². The lowest BCUT2D eigenvalue weighted by Crippen LogP contribution is -2.18. The summed E-state index contributed by atoms with van der Waals surface area (Å²) in [5.74, 6) is 0. The molecule has 0 unspecified atom stereocenters. The van der Waals surface area contributed by atoms with Crippen molar-refractivity contribution in [1.29, 1.82) is 0 Å². The lowest BCUT2D eigenvalue weighted by atomic mass is 9.82. The molecule has 0 atom stereocenters. The Bertz CT molecular complexity index is 6230. The molecule has 0 spiro atoms. The maximum atomic E-state index is 2.42. The monoisotopic (exact) mass is 1510 g/mol. The second kappa shape index (κ2) is 27.2. The molecular weight excluding hydrogens is 1430 g/mol. The Balaban J connectivity index is 0.0000000935. The van der Waals surface area contributed by atoms with Crippen molar-refractivity contribution in [2.45, 2.75) is 107 Å². The first-order valence-corrected chi connectivity index (χ1v) is 41.9. The fraction of sp³-hybridized carbons (Fsp3) is 0.140. The number of hydrogen-bond donors (Lipinski definition) is 0. The molecule has 0 saturated heterocycles. The summed E-state index contributed by atoms with van der Waals surface area (Å²) in [6.45, 7) is 14.1. The molecule has 8 aliphatic rings. The predicted octanol–water partition coefficient (Wildman–Crippen LogP) is 28.8. The largest absolute Gasteiger partial charge is 0.343 e. The number of nitrogens with zero attached hydrogens (tertiary/aromatic N) is 5. The molecule has 23 rings (SSSR count). The van der Waals surface area contributed by atoms with E-state index in [1.165, 1.54) is 194 Å². The summed E-state index contributed by atoms with van der Waals surface area (Å²) in [6, 6.07) is 110. The van der Waals surface area contributed by atoms with E-state index < -0.39 is 0 Å². The third kappa shape index (κ3) is 11.5. The first-order chi connectivity index (χ1) is 53.4. The molecular formula is C100H83N5S5. The van der Waals surface area contributed by atoms with Gasteiger partial charge in [0.1, 0.15) is 0 Å². The van der Waals surface area contributed by atoms with Crippen molar-refractivity contribution in [3.05, 3.63) is 337 Å². The number of para-hydroxylation sites is 5. The molecule has 0 bridgehead atoms. The Labute approximate surface area is 668 Å². The van der Waals surface area contributed by atoms with E-state index in [9.17, 15) is 0 Å². The second-order valence-electron chi connectivity index (χ2n) is 31.0. The maximum Gasteiger partial charge on any atom is 0.0629 e. The smallest absolute Gasteiger partial charge is 0.0629 e. The number of fused-ring (bicyclic) bond motifs is 23. The Morgan fingerprint density at radius 1 is 0.209 bits per heavy atom. The van der Waals surface area contributed by atoms with Gasteiger partial charge in [0, 0.05) is 111 Å². The van der Waals surface area contributed by atoms with Crippen LogP contribution in [0.4, 0.5) is 56.9 Å².